The van der Waals surface area contributed by atoms with Crippen LogP contribution in [0.2, 0.25) is 5.02 Å². The molecule has 30 heavy (non-hydrogen) atoms. The minimum atomic E-state index is -0.213. The molecule has 160 valence electrons. The number of allylic oxidation sites excluding steroid dienone is 9. The number of hydrogen-bond donors (Lipinski definition) is 2. The van der Waals surface area contributed by atoms with Gasteiger partial charge in [0.2, 0.25) is 0 Å². The molecular weight excluding hydrogens is 392 g/mol. The highest BCUT2D eigenvalue weighted by Gasteiger charge is 2.26. The molecule has 0 radical (unpaired) electrons. The maximum atomic E-state index is 12.0. The fourth-order valence-corrected chi connectivity index (χ4v) is 3.72. The maximum absolute atomic E-state index is 12.0. The number of rotatable bonds is 7. The number of nitrogens with one attached hydrogen (secondary N) is 2. The Balaban J connectivity index is 1.89. The molecule has 0 saturated carbocycles. The van der Waals surface area contributed by atoms with Crippen molar-refractivity contribution in [1.82, 2.24) is 5.43 Å². The van der Waals surface area contributed by atoms with Crippen molar-refractivity contribution in [2.24, 2.45) is 5.41 Å². The topological polar surface area (TPSA) is 41.1 Å². The Labute approximate surface area is 186 Å². The van der Waals surface area contributed by atoms with Crippen molar-refractivity contribution in [3.8, 4) is 0 Å². The van der Waals surface area contributed by atoms with Crippen LogP contribution in [0.1, 0.15) is 53.9 Å². The van der Waals surface area contributed by atoms with E-state index < -0.39 is 0 Å². The fraction of sp³-hybridized carbons (Fsp3) is 0.346. The van der Waals surface area contributed by atoms with Gasteiger partial charge in [-0.25, -0.2) is 0 Å². The van der Waals surface area contributed by atoms with Gasteiger partial charge in [0, 0.05) is 11.1 Å². The summed E-state index contributed by atoms with van der Waals surface area (Å²) in [5.41, 5.74) is 11.5. The van der Waals surface area contributed by atoms with E-state index in [0.717, 1.165) is 11.3 Å². The van der Waals surface area contributed by atoms with E-state index in [9.17, 15) is 4.79 Å². The minimum Gasteiger partial charge on any atom is -0.298 e. The lowest BCUT2D eigenvalue weighted by Crippen LogP contribution is -2.27. The molecule has 0 saturated heterocycles. The van der Waals surface area contributed by atoms with Crippen molar-refractivity contribution in [2.75, 3.05) is 5.43 Å². The van der Waals surface area contributed by atoms with Gasteiger partial charge in [-0.3, -0.25) is 15.6 Å². The van der Waals surface area contributed by atoms with Crippen LogP contribution in [0.25, 0.3) is 0 Å². The van der Waals surface area contributed by atoms with E-state index in [1.54, 1.807) is 30.3 Å². The van der Waals surface area contributed by atoms with Crippen molar-refractivity contribution in [3.63, 3.8) is 0 Å². The Kier molecular flexibility index (Phi) is 8.73. The summed E-state index contributed by atoms with van der Waals surface area (Å²) in [6.45, 7) is 10.9. The van der Waals surface area contributed by atoms with Gasteiger partial charge >= 0.3 is 0 Å². The van der Waals surface area contributed by atoms with Crippen molar-refractivity contribution in [2.45, 2.75) is 53.9 Å². The van der Waals surface area contributed by atoms with E-state index in [4.69, 9.17) is 11.6 Å². The molecule has 2 N–H and O–H groups in total. The quantitative estimate of drug-likeness (QED) is 0.273. The van der Waals surface area contributed by atoms with Gasteiger partial charge in [-0.1, -0.05) is 67.0 Å². The fourth-order valence-electron chi connectivity index (χ4n) is 3.59. The normalized spacial score (nSPS) is 17.7. The van der Waals surface area contributed by atoms with Gasteiger partial charge in [-0.2, -0.15) is 0 Å². The first kappa shape index (κ1) is 23.8. The summed E-state index contributed by atoms with van der Waals surface area (Å²) in [4.78, 5) is 12.0. The molecule has 0 heterocycles. The molecule has 0 unspecified atom stereocenters. The molecule has 0 aromatic heterocycles. The summed E-state index contributed by atoms with van der Waals surface area (Å²) < 4.78 is 0. The van der Waals surface area contributed by atoms with E-state index in [2.05, 4.69) is 56.8 Å². The number of anilines is 1. The van der Waals surface area contributed by atoms with E-state index in [1.165, 1.54) is 36.0 Å². The number of halogens is 1. The van der Waals surface area contributed by atoms with Crippen molar-refractivity contribution in [3.05, 3.63) is 88.0 Å². The number of hydrazine groups is 1. The van der Waals surface area contributed by atoms with E-state index in [1.807, 2.05) is 19.1 Å². The van der Waals surface area contributed by atoms with E-state index in [-0.39, 0.29) is 11.3 Å². The molecule has 4 heteroatoms. The number of benzene rings is 1. The second kappa shape index (κ2) is 11.0. The lowest BCUT2D eigenvalue weighted by molar-refractivity contribution is -0.116. The van der Waals surface area contributed by atoms with Gasteiger partial charge in [0.1, 0.15) is 0 Å². The minimum absolute atomic E-state index is 0.213. The molecule has 2 rings (SSSR count). The van der Waals surface area contributed by atoms with Gasteiger partial charge in [0.15, 0.2) is 0 Å². The summed E-state index contributed by atoms with van der Waals surface area (Å²) >= 11 is 5.85. The molecule has 0 bridgehead atoms. The van der Waals surface area contributed by atoms with Gasteiger partial charge in [0.05, 0.1) is 5.69 Å². The van der Waals surface area contributed by atoms with Gasteiger partial charge in [-0.15, -0.1) is 0 Å². The van der Waals surface area contributed by atoms with Crippen LogP contribution >= 0.6 is 11.6 Å². The van der Waals surface area contributed by atoms with Crippen LogP contribution in [-0.4, -0.2) is 5.91 Å². The zero-order valence-corrected chi connectivity index (χ0v) is 19.4. The van der Waals surface area contributed by atoms with E-state index in [0.29, 0.717) is 5.02 Å². The molecule has 1 aliphatic carbocycles. The lowest BCUT2D eigenvalue weighted by atomic mass is 9.72. The van der Waals surface area contributed by atoms with Crippen LogP contribution in [-0.2, 0) is 4.79 Å². The maximum Gasteiger partial charge on any atom is 0.262 e. The van der Waals surface area contributed by atoms with Gasteiger partial charge in [0.25, 0.3) is 5.91 Å². The smallest absolute Gasteiger partial charge is 0.262 e. The molecule has 0 fully saturated rings. The molecule has 1 amide bonds. The number of amides is 1. The SMILES string of the molecule is CC1=C(/C=C/C(C)=C/C=C/C(C)=C/C(=O)NNc2ccc(Cl)cc2)C(C)(C)CCC1. The molecule has 1 aliphatic rings. The molecule has 3 nitrogen and oxygen atoms in total. The highest BCUT2D eigenvalue weighted by molar-refractivity contribution is 6.30. The summed E-state index contributed by atoms with van der Waals surface area (Å²) in [6, 6.07) is 7.12. The van der Waals surface area contributed by atoms with Crippen molar-refractivity contribution < 1.29 is 4.79 Å². The Morgan fingerprint density at radius 1 is 1.10 bits per heavy atom. The Hall–Kier alpha value is -2.52. The number of carbonyl (C=O) groups excluding carboxylic acids is 1. The highest BCUT2D eigenvalue weighted by atomic mass is 35.5. The predicted octanol–water partition coefficient (Wildman–Crippen LogP) is 7.31. The third-order valence-electron chi connectivity index (χ3n) is 5.31. The lowest BCUT2D eigenvalue weighted by Gasteiger charge is -2.32. The van der Waals surface area contributed by atoms with Crippen molar-refractivity contribution in [1.29, 1.82) is 0 Å². The predicted molar refractivity (Wildman–Crippen MR) is 129 cm³/mol. The Morgan fingerprint density at radius 2 is 1.80 bits per heavy atom. The van der Waals surface area contributed by atoms with Crippen LogP contribution in [0.4, 0.5) is 5.69 Å². The second-order valence-corrected chi connectivity index (χ2v) is 8.98. The molecule has 0 aliphatic heterocycles. The van der Waals surface area contributed by atoms with Crippen LogP contribution in [0.5, 0.6) is 0 Å². The first-order valence-electron chi connectivity index (χ1n) is 10.4. The first-order valence-corrected chi connectivity index (χ1v) is 10.8. The standard InChI is InChI=1S/C26H33ClN2O/c1-19(11-16-24-21(3)10-7-17-26(24,4)5)8-6-9-20(2)18-25(30)29-28-23-14-12-22(27)13-15-23/h6,8-9,11-16,18,28H,7,10,17H2,1-5H3,(H,29,30)/b9-6+,16-11+,19-8+,20-18+. The Bertz CT molecular complexity index is 899. The summed E-state index contributed by atoms with van der Waals surface area (Å²) in [5.74, 6) is -0.213. The Morgan fingerprint density at radius 3 is 2.47 bits per heavy atom. The number of carbonyl (C=O) groups is 1. The van der Waals surface area contributed by atoms with Gasteiger partial charge in [-0.05, 0) is 80.9 Å². The monoisotopic (exact) mass is 424 g/mol. The second-order valence-electron chi connectivity index (χ2n) is 8.54. The molecular formula is C26H33ClN2O. The number of hydrogen-bond acceptors (Lipinski definition) is 2. The summed E-state index contributed by atoms with van der Waals surface area (Å²) in [5, 5.41) is 0.653. The molecule has 1 aromatic carbocycles. The molecule has 0 atom stereocenters. The van der Waals surface area contributed by atoms with Crippen LogP contribution in [0, 0.1) is 5.41 Å². The average molecular weight is 425 g/mol. The zero-order valence-electron chi connectivity index (χ0n) is 18.7. The molecule has 1 aromatic rings. The third kappa shape index (κ3) is 7.72. The van der Waals surface area contributed by atoms with Crippen LogP contribution in [0.15, 0.2) is 83.0 Å². The molecule has 0 spiro atoms. The largest absolute Gasteiger partial charge is 0.298 e. The summed E-state index contributed by atoms with van der Waals surface area (Å²) in [6.07, 6.45) is 15.7. The van der Waals surface area contributed by atoms with E-state index >= 15 is 0 Å². The van der Waals surface area contributed by atoms with Crippen molar-refractivity contribution >= 4 is 23.2 Å². The average Bonchev–Trinajstić information content (AvgIpc) is 2.66. The van der Waals surface area contributed by atoms with Crippen LogP contribution in [0.3, 0.4) is 0 Å². The van der Waals surface area contributed by atoms with Gasteiger partial charge < -0.3 is 0 Å². The third-order valence-corrected chi connectivity index (χ3v) is 5.56. The first-order chi connectivity index (χ1) is 14.2. The summed E-state index contributed by atoms with van der Waals surface area (Å²) in [7, 11) is 0. The van der Waals surface area contributed by atoms with Crippen LogP contribution < -0.4 is 10.9 Å². The highest BCUT2D eigenvalue weighted by Crippen LogP contribution is 2.40. The zero-order chi connectivity index (χ0) is 22.1.